The standard InChI is InChI=1S/C44H36N6/c1-3-11-33-27-49(45-25-31(33)9-1)41-15-7-5-13-39(41)47-37-23-19-29-18-22-36-38(24-20-30-17-21-35(37)43(29)44(30)36)48-40-14-6-8-16-42(40)50-28-34-12-4-2-10-32(34)26-46-50/h1-24,45-48H,25-28H2/p+1. The molecule has 0 fully saturated rings. The number of benzene rings is 8. The van der Waals surface area contributed by atoms with Gasteiger partial charge in [0, 0.05) is 47.1 Å². The second kappa shape index (κ2) is 11.9. The SMILES string of the molecule is c1ccc2c(c1)CNN(c1ccccc1Nc1ccc3ccc4c([NH2+]c5ccccc5N5Cc6ccccc6CN5)ccc5ccc1c3c54)C2. The summed E-state index contributed by atoms with van der Waals surface area (Å²) in [6.45, 7) is 3.29. The third kappa shape index (κ3) is 4.92. The normalized spacial score (nSPS) is 14.3. The van der Waals surface area contributed by atoms with Crippen molar-refractivity contribution >= 4 is 66.4 Å². The predicted octanol–water partition coefficient (Wildman–Crippen LogP) is 8.90. The minimum Gasteiger partial charge on any atom is -0.353 e. The van der Waals surface area contributed by atoms with E-state index in [4.69, 9.17) is 0 Å². The van der Waals surface area contributed by atoms with E-state index in [9.17, 15) is 0 Å². The fourth-order valence-corrected chi connectivity index (χ4v) is 7.96. The lowest BCUT2D eigenvalue weighted by atomic mass is 9.92. The van der Waals surface area contributed by atoms with Gasteiger partial charge in [-0.15, -0.1) is 0 Å². The highest BCUT2D eigenvalue weighted by Gasteiger charge is 2.23. The second-order valence-corrected chi connectivity index (χ2v) is 13.4. The number of nitrogens with zero attached hydrogens (tertiary/aromatic N) is 2. The highest BCUT2D eigenvalue weighted by Crippen LogP contribution is 2.41. The van der Waals surface area contributed by atoms with E-state index < -0.39 is 0 Å². The van der Waals surface area contributed by atoms with Crippen molar-refractivity contribution in [3.63, 3.8) is 0 Å². The van der Waals surface area contributed by atoms with E-state index >= 15 is 0 Å². The molecule has 2 aliphatic rings. The van der Waals surface area contributed by atoms with Crippen molar-refractivity contribution in [3.8, 4) is 0 Å². The molecule has 0 spiro atoms. The van der Waals surface area contributed by atoms with Crippen LogP contribution in [0.1, 0.15) is 22.3 Å². The lowest BCUT2D eigenvalue weighted by Crippen LogP contribution is -2.71. The Morgan fingerprint density at radius 1 is 0.440 bits per heavy atom. The number of hydrogen-bond acceptors (Lipinski definition) is 5. The van der Waals surface area contributed by atoms with Crippen LogP contribution in [0.5, 0.6) is 0 Å². The summed E-state index contributed by atoms with van der Waals surface area (Å²) in [6.07, 6.45) is 0. The molecule has 0 unspecified atom stereocenters. The Kier molecular flexibility index (Phi) is 6.91. The number of rotatable bonds is 6. The summed E-state index contributed by atoms with van der Waals surface area (Å²) < 4.78 is 0. The maximum Gasteiger partial charge on any atom is 0.159 e. The van der Waals surface area contributed by atoms with Gasteiger partial charge in [-0.3, -0.25) is 10.3 Å². The molecule has 242 valence electrons. The van der Waals surface area contributed by atoms with Gasteiger partial charge in [-0.25, -0.2) is 10.9 Å². The Morgan fingerprint density at radius 2 is 0.980 bits per heavy atom. The molecular formula is C44H37N6+. The smallest absolute Gasteiger partial charge is 0.159 e. The van der Waals surface area contributed by atoms with Crippen molar-refractivity contribution in [2.24, 2.45) is 0 Å². The third-order valence-electron chi connectivity index (χ3n) is 10.5. The van der Waals surface area contributed by atoms with Crippen molar-refractivity contribution in [1.82, 2.24) is 10.9 Å². The Balaban J connectivity index is 1.01. The lowest BCUT2D eigenvalue weighted by Gasteiger charge is -2.33. The Hall–Kier alpha value is -5.92. The number of nitrogens with one attached hydrogen (secondary N) is 3. The van der Waals surface area contributed by atoms with E-state index in [0.717, 1.165) is 43.2 Å². The highest BCUT2D eigenvalue weighted by molar-refractivity contribution is 6.26. The largest absolute Gasteiger partial charge is 0.353 e. The molecule has 2 aliphatic heterocycles. The van der Waals surface area contributed by atoms with Gasteiger partial charge >= 0.3 is 0 Å². The Bertz CT molecular complexity index is 2360. The maximum absolute atomic E-state index is 3.85. The third-order valence-corrected chi connectivity index (χ3v) is 10.5. The van der Waals surface area contributed by atoms with E-state index in [1.165, 1.54) is 71.6 Å². The van der Waals surface area contributed by atoms with E-state index in [-0.39, 0.29) is 0 Å². The summed E-state index contributed by atoms with van der Waals surface area (Å²) in [5.41, 5.74) is 19.6. The molecule has 0 saturated heterocycles. The summed E-state index contributed by atoms with van der Waals surface area (Å²) >= 11 is 0. The topological polar surface area (TPSA) is 59.2 Å². The quantitative estimate of drug-likeness (QED) is 0.107. The van der Waals surface area contributed by atoms with Crippen LogP contribution in [-0.2, 0) is 26.2 Å². The first kappa shape index (κ1) is 29.0. The Morgan fingerprint density at radius 3 is 1.72 bits per heavy atom. The maximum atomic E-state index is 3.85. The summed E-state index contributed by atoms with van der Waals surface area (Å²) in [5, 5.41) is 18.4. The molecular weight excluding hydrogens is 613 g/mol. The van der Waals surface area contributed by atoms with Crippen LogP contribution in [0, 0.1) is 0 Å². The number of nitrogens with two attached hydrogens (primary N) is 1. The molecule has 8 aromatic carbocycles. The van der Waals surface area contributed by atoms with Crippen LogP contribution in [0.2, 0.25) is 0 Å². The van der Waals surface area contributed by atoms with Gasteiger partial charge in [0.1, 0.15) is 11.4 Å². The van der Waals surface area contributed by atoms with Crippen molar-refractivity contribution in [1.29, 1.82) is 0 Å². The molecule has 50 heavy (non-hydrogen) atoms. The monoisotopic (exact) mass is 649 g/mol. The van der Waals surface area contributed by atoms with Crippen molar-refractivity contribution in [2.75, 3.05) is 15.3 Å². The molecule has 5 N–H and O–H groups in total. The van der Waals surface area contributed by atoms with Crippen molar-refractivity contribution in [2.45, 2.75) is 26.2 Å². The number of hydrogen-bond donors (Lipinski definition) is 4. The van der Waals surface area contributed by atoms with E-state index in [0.29, 0.717) is 0 Å². The molecule has 0 bridgehead atoms. The summed E-state index contributed by atoms with van der Waals surface area (Å²) in [5.74, 6) is 0. The van der Waals surface area contributed by atoms with Crippen LogP contribution < -0.4 is 31.5 Å². The molecule has 6 nitrogen and oxygen atoms in total. The molecule has 0 aromatic heterocycles. The van der Waals surface area contributed by atoms with Crippen LogP contribution in [0.4, 0.5) is 34.1 Å². The highest BCUT2D eigenvalue weighted by atomic mass is 15.5. The number of para-hydroxylation sites is 4. The molecule has 6 heteroatoms. The Labute approximate surface area is 291 Å². The lowest BCUT2D eigenvalue weighted by molar-refractivity contribution is -0.476. The number of fused-ring (bicyclic) bond motifs is 2. The van der Waals surface area contributed by atoms with Gasteiger partial charge in [0.05, 0.1) is 24.5 Å². The summed E-state index contributed by atoms with van der Waals surface area (Å²) in [4.78, 5) is 0. The first-order valence-corrected chi connectivity index (χ1v) is 17.4. The van der Waals surface area contributed by atoms with Crippen LogP contribution in [-0.4, -0.2) is 0 Å². The molecule has 0 amide bonds. The molecule has 10 rings (SSSR count). The number of quaternary nitrogens is 1. The van der Waals surface area contributed by atoms with E-state index in [2.05, 4.69) is 177 Å². The van der Waals surface area contributed by atoms with Gasteiger partial charge in [0.25, 0.3) is 0 Å². The van der Waals surface area contributed by atoms with Crippen LogP contribution in [0.3, 0.4) is 0 Å². The van der Waals surface area contributed by atoms with Crippen LogP contribution >= 0.6 is 0 Å². The zero-order valence-corrected chi connectivity index (χ0v) is 27.7. The number of anilines is 4. The minimum atomic E-state index is 0.815. The van der Waals surface area contributed by atoms with Gasteiger partial charge in [-0.1, -0.05) is 97.1 Å². The average molecular weight is 650 g/mol. The van der Waals surface area contributed by atoms with Gasteiger partial charge < -0.3 is 10.3 Å². The van der Waals surface area contributed by atoms with Gasteiger partial charge in [0.15, 0.2) is 5.69 Å². The first-order chi connectivity index (χ1) is 24.8. The van der Waals surface area contributed by atoms with Crippen LogP contribution in [0.25, 0.3) is 32.3 Å². The minimum absolute atomic E-state index is 0.815. The number of hydrazine groups is 2. The summed E-state index contributed by atoms with van der Waals surface area (Å²) in [6, 6.07) is 52.9. The average Bonchev–Trinajstić information content (AvgIpc) is 3.18. The fraction of sp³-hybridized carbons (Fsp3) is 0.0909. The van der Waals surface area contributed by atoms with Crippen molar-refractivity contribution in [3.05, 3.63) is 168 Å². The molecule has 0 aliphatic carbocycles. The van der Waals surface area contributed by atoms with Gasteiger partial charge in [-0.05, 0) is 74.8 Å². The summed E-state index contributed by atoms with van der Waals surface area (Å²) in [7, 11) is 0. The van der Waals surface area contributed by atoms with Crippen molar-refractivity contribution < 1.29 is 5.32 Å². The molecule has 8 aromatic rings. The predicted molar refractivity (Wildman–Crippen MR) is 206 cm³/mol. The fourth-order valence-electron chi connectivity index (χ4n) is 7.96. The van der Waals surface area contributed by atoms with E-state index in [1.807, 2.05) is 0 Å². The van der Waals surface area contributed by atoms with Gasteiger partial charge in [0.2, 0.25) is 0 Å². The molecule has 0 atom stereocenters. The molecule has 0 radical (unpaired) electrons. The van der Waals surface area contributed by atoms with Gasteiger partial charge in [-0.2, -0.15) is 0 Å². The van der Waals surface area contributed by atoms with Crippen LogP contribution in [0.15, 0.2) is 146 Å². The zero-order chi connectivity index (χ0) is 33.0. The zero-order valence-electron chi connectivity index (χ0n) is 27.7. The molecule has 2 heterocycles. The molecule has 0 saturated carbocycles. The second-order valence-electron chi connectivity index (χ2n) is 13.4. The first-order valence-electron chi connectivity index (χ1n) is 17.4. The van der Waals surface area contributed by atoms with E-state index in [1.54, 1.807) is 0 Å².